The minimum atomic E-state index is -0.209. The highest BCUT2D eigenvalue weighted by atomic mass is 79.9. The Balaban J connectivity index is 1.61. The first-order chi connectivity index (χ1) is 11.7. The van der Waals surface area contributed by atoms with E-state index in [1.807, 2.05) is 42.5 Å². The molecular weight excluding hydrogens is 368 g/mol. The fourth-order valence-electron chi connectivity index (χ4n) is 2.09. The van der Waals surface area contributed by atoms with Crippen LogP contribution in [0.2, 0.25) is 0 Å². The molecule has 0 saturated carbocycles. The van der Waals surface area contributed by atoms with Crippen LogP contribution in [0.1, 0.15) is 16.1 Å². The Morgan fingerprint density at radius 2 is 1.83 bits per heavy atom. The summed E-state index contributed by atoms with van der Waals surface area (Å²) in [5.41, 5.74) is 3.12. The summed E-state index contributed by atoms with van der Waals surface area (Å²) in [6, 6.07) is 15.0. The van der Waals surface area contributed by atoms with Gasteiger partial charge in [0.2, 0.25) is 0 Å². The molecule has 1 aromatic carbocycles. The lowest BCUT2D eigenvalue weighted by Crippen LogP contribution is -2.23. The average molecular weight is 383 g/mol. The number of amides is 1. The predicted octanol–water partition coefficient (Wildman–Crippen LogP) is 3.91. The number of pyridine rings is 2. The van der Waals surface area contributed by atoms with E-state index >= 15 is 0 Å². The molecule has 5 nitrogen and oxygen atoms in total. The van der Waals surface area contributed by atoms with Gasteiger partial charge in [-0.25, -0.2) is 4.98 Å². The van der Waals surface area contributed by atoms with Crippen molar-refractivity contribution >= 4 is 33.2 Å². The molecule has 0 spiro atoms. The first kappa shape index (κ1) is 16.1. The number of carbonyl (C=O) groups excluding carboxylic acids is 1. The third-order valence-electron chi connectivity index (χ3n) is 3.35. The molecule has 6 heteroatoms. The molecule has 0 aliphatic heterocycles. The zero-order valence-corrected chi connectivity index (χ0v) is 14.3. The van der Waals surface area contributed by atoms with Crippen LogP contribution in [0.4, 0.5) is 11.4 Å². The summed E-state index contributed by atoms with van der Waals surface area (Å²) < 4.78 is 0.962. The van der Waals surface area contributed by atoms with E-state index in [4.69, 9.17) is 0 Å². The van der Waals surface area contributed by atoms with Gasteiger partial charge in [0.1, 0.15) is 5.69 Å². The summed E-state index contributed by atoms with van der Waals surface area (Å²) >= 11 is 3.48. The van der Waals surface area contributed by atoms with Crippen LogP contribution in [0, 0.1) is 0 Å². The number of hydrogen-bond acceptors (Lipinski definition) is 4. The molecule has 0 radical (unpaired) electrons. The fraction of sp³-hybridized carbons (Fsp3) is 0.0556. The summed E-state index contributed by atoms with van der Waals surface area (Å²) in [5.74, 6) is -0.209. The second-order valence-corrected chi connectivity index (χ2v) is 5.93. The van der Waals surface area contributed by atoms with Gasteiger partial charge in [-0.2, -0.15) is 0 Å². The van der Waals surface area contributed by atoms with E-state index < -0.39 is 0 Å². The third kappa shape index (κ3) is 4.17. The molecule has 1 amide bonds. The maximum absolute atomic E-state index is 12.1. The first-order valence-electron chi connectivity index (χ1n) is 7.37. The molecule has 0 bridgehead atoms. The summed E-state index contributed by atoms with van der Waals surface area (Å²) in [6.07, 6.45) is 5.03. The van der Waals surface area contributed by atoms with Crippen LogP contribution in [-0.2, 0) is 6.54 Å². The number of carbonyl (C=O) groups is 1. The molecule has 0 fully saturated rings. The van der Waals surface area contributed by atoms with Crippen molar-refractivity contribution in [1.82, 2.24) is 15.3 Å². The third-order valence-corrected chi connectivity index (χ3v) is 4.04. The van der Waals surface area contributed by atoms with Crippen molar-refractivity contribution in [2.75, 3.05) is 5.32 Å². The molecule has 0 saturated heterocycles. The van der Waals surface area contributed by atoms with Gasteiger partial charge in [-0.1, -0.05) is 12.1 Å². The van der Waals surface area contributed by atoms with Crippen molar-refractivity contribution in [2.45, 2.75) is 6.54 Å². The van der Waals surface area contributed by atoms with Gasteiger partial charge in [0, 0.05) is 23.4 Å². The van der Waals surface area contributed by atoms with Crippen LogP contribution >= 0.6 is 15.9 Å². The molecule has 2 N–H and O–H groups in total. The molecule has 3 aromatic rings. The molecule has 2 heterocycles. The minimum absolute atomic E-state index is 0.209. The Hall–Kier alpha value is -2.73. The largest absolute Gasteiger partial charge is 0.353 e. The highest BCUT2D eigenvalue weighted by Gasteiger charge is 2.07. The highest BCUT2D eigenvalue weighted by Crippen LogP contribution is 2.24. The van der Waals surface area contributed by atoms with Crippen molar-refractivity contribution in [1.29, 1.82) is 0 Å². The lowest BCUT2D eigenvalue weighted by Gasteiger charge is -2.09. The van der Waals surface area contributed by atoms with Crippen LogP contribution in [0.3, 0.4) is 0 Å². The van der Waals surface area contributed by atoms with E-state index in [0.717, 1.165) is 21.4 Å². The number of aromatic nitrogens is 2. The molecule has 0 aliphatic carbocycles. The van der Waals surface area contributed by atoms with Crippen LogP contribution < -0.4 is 10.6 Å². The van der Waals surface area contributed by atoms with Gasteiger partial charge in [0.05, 0.1) is 17.6 Å². The number of benzene rings is 1. The Morgan fingerprint density at radius 1 is 1.04 bits per heavy atom. The number of anilines is 2. The first-order valence-corrected chi connectivity index (χ1v) is 8.16. The standard InChI is InChI=1S/C18H15BrN4O/c19-15-3-1-2-4-16(15)23-14-5-6-17(21-12-14)18(24)22-11-13-7-9-20-10-8-13/h1-10,12,23H,11H2,(H,22,24). The van der Waals surface area contributed by atoms with Crippen LogP contribution in [-0.4, -0.2) is 15.9 Å². The maximum Gasteiger partial charge on any atom is 0.270 e. The second-order valence-electron chi connectivity index (χ2n) is 5.08. The lowest BCUT2D eigenvalue weighted by atomic mass is 10.2. The molecule has 0 aliphatic rings. The van der Waals surface area contributed by atoms with Gasteiger partial charge in [-0.3, -0.25) is 9.78 Å². The van der Waals surface area contributed by atoms with Crippen molar-refractivity contribution in [3.8, 4) is 0 Å². The van der Waals surface area contributed by atoms with Gasteiger partial charge in [-0.15, -0.1) is 0 Å². The van der Waals surface area contributed by atoms with Gasteiger partial charge in [0.15, 0.2) is 0 Å². The van der Waals surface area contributed by atoms with Gasteiger partial charge in [-0.05, 0) is 57.9 Å². The summed E-state index contributed by atoms with van der Waals surface area (Å²) in [5, 5.41) is 6.08. The molecule has 2 aromatic heterocycles. The zero-order chi connectivity index (χ0) is 16.8. The van der Waals surface area contributed by atoms with E-state index in [0.29, 0.717) is 12.2 Å². The number of rotatable bonds is 5. The molecule has 0 atom stereocenters. The second kappa shape index (κ2) is 7.70. The summed E-state index contributed by atoms with van der Waals surface area (Å²) in [4.78, 5) is 20.3. The number of nitrogens with one attached hydrogen (secondary N) is 2. The van der Waals surface area contributed by atoms with Crippen molar-refractivity contribution in [3.63, 3.8) is 0 Å². The van der Waals surface area contributed by atoms with Crippen LogP contribution in [0.25, 0.3) is 0 Å². The van der Waals surface area contributed by atoms with Crippen molar-refractivity contribution in [2.24, 2.45) is 0 Å². The van der Waals surface area contributed by atoms with Gasteiger partial charge in [0.25, 0.3) is 5.91 Å². The van der Waals surface area contributed by atoms with Crippen LogP contribution in [0.5, 0.6) is 0 Å². The minimum Gasteiger partial charge on any atom is -0.353 e. The van der Waals surface area contributed by atoms with Gasteiger partial charge >= 0.3 is 0 Å². The normalized spacial score (nSPS) is 10.2. The number of halogens is 1. The molecule has 3 rings (SSSR count). The SMILES string of the molecule is O=C(NCc1ccncc1)c1ccc(Nc2ccccc2Br)cn1. The zero-order valence-electron chi connectivity index (χ0n) is 12.7. The highest BCUT2D eigenvalue weighted by molar-refractivity contribution is 9.10. The Morgan fingerprint density at radius 3 is 2.54 bits per heavy atom. The molecule has 24 heavy (non-hydrogen) atoms. The average Bonchev–Trinajstić information content (AvgIpc) is 2.63. The number of nitrogens with zero attached hydrogens (tertiary/aromatic N) is 2. The van der Waals surface area contributed by atoms with Crippen molar-refractivity contribution < 1.29 is 4.79 Å². The Labute approximate surface area is 148 Å². The van der Waals surface area contributed by atoms with Crippen molar-refractivity contribution in [3.05, 3.63) is 82.9 Å². The lowest BCUT2D eigenvalue weighted by molar-refractivity contribution is 0.0946. The molecule has 0 unspecified atom stereocenters. The van der Waals surface area contributed by atoms with Gasteiger partial charge < -0.3 is 10.6 Å². The summed E-state index contributed by atoms with van der Waals surface area (Å²) in [6.45, 7) is 0.444. The maximum atomic E-state index is 12.1. The van der Waals surface area contributed by atoms with E-state index in [9.17, 15) is 4.79 Å². The summed E-state index contributed by atoms with van der Waals surface area (Å²) in [7, 11) is 0. The van der Waals surface area contributed by atoms with E-state index in [1.165, 1.54) is 0 Å². The van der Waals surface area contributed by atoms with Crippen LogP contribution in [0.15, 0.2) is 71.6 Å². The molecular formula is C18H15BrN4O. The number of hydrogen-bond donors (Lipinski definition) is 2. The molecule has 120 valence electrons. The van der Waals surface area contributed by atoms with E-state index in [2.05, 4.69) is 36.5 Å². The van der Waals surface area contributed by atoms with E-state index in [1.54, 1.807) is 24.7 Å². The fourth-order valence-corrected chi connectivity index (χ4v) is 2.48. The monoisotopic (exact) mass is 382 g/mol. The Bertz CT molecular complexity index is 822. The predicted molar refractivity (Wildman–Crippen MR) is 97.1 cm³/mol. The topological polar surface area (TPSA) is 66.9 Å². The Kier molecular flexibility index (Phi) is 5.18. The number of para-hydroxylation sites is 1. The quantitative estimate of drug-likeness (QED) is 0.701. The smallest absolute Gasteiger partial charge is 0.270 e. The van der Waals surface area contributed by atoms with E-state index in [-0.39, 0.29) is 5.91 Å².